The third-order valence-electron chi connectivity index (χ3n) is 4.01. The maximum absolute atomic E-state index is 2.37. The first kappa shape index (κ1) is 10.6. The van der Waals surface area contributed by atoms with Gasteiger partial charge in [-0.15, -0.1) is 0 Å². The summed E-state index contributed by atoms with van der Waals surface area (Å²) in [6.45, 7) is 2.28. The van der Waals surface area contributed by atoms with Gasteiger partial charge in [-0.2, -0.15) is 0 Å². The minimum Gasteiger partial charge on any atom is -0.0811 e. The van der Waals surface area contributed by atoms with E-state index in [-0.39, 0.29) is 0 Å². The smallest absolute Gasteiger partial charge is 0.000830 e. The molecule has 1 saturated carbocycles. The van der Waals surface area contributed by atoms with Gasteiger partial charge in [0.05, 0.1) is 0 Å². The van der Waals surface area contributed by atoms with Gasteiger partial charge < -0.3 is 0 Å². The van der Waals surface area contributed by atoms with Crippen molar-refractivity contribution in [3.05, 3.63) is 65.8 Å². The van der Waals surface area contributed by atoms with Crippen molar-refractivity contribution in [3.63, 3.8) is 0 Å². The van der Waals surface area contributed by atoms with Crippen LogP contribution in [0.25, 0.3) is 5.57 Å². The molecule has 2 atom stereocenters. The molecule has 2 aliphatic carbocycles. The average Bonchev–Trinajstić information content (AvgIpc) is 2.61. The fourth-order valence-corrected chi connectivity index (χ4v) is 3.05. The minimum absolute atomic E-state index is 0.662. The quantitative estimate of drug-likeness (QED) is 0.650. The van der Waals surface area contributed by atoms with Crippen LogP contribution in [-0.4, -0.2) is 0 Å². The third-order valence-corrected chi connectivity index (χ3v) is 4.01. The molecule has 0 nitrogen and oxygen atoms in total. The van der Waals surface area contributed by atoms with Crippen molar-refractivity contribution in [3.8, 4) is 0 Å². The SMILES string of the molecule is C/C(=C1/C[C@H]2C=CC=C[C@@H]1C2)c1ccccc1. The van der Waals surface area contributed by atoms with E-state index < -0.39 is 0 Å². The molecular formula is C17H18. The van der Waals surface area contributed by atoms with Gasteiger partial charge in [0, 0.05) is 0 Å². The number of hydrogen-bond donors (Lipinski definition) is 0. The zero-order valence-corrected chi connectivity index (χ0v) is 10.3. The molecule has 0 N–H and O–H groups in total. The molecule has 0 saturated heterocycles. The second kappa shape index (κ2) is 4.37. The topological polar surface area (TPSA) is 0 Å². The molecule has 1 fully saturated rings. The van der Waals surface area contributed by atoms with E-state index in [2.05, 4.69) is 61.6 Å². The molecule has 0 amide bonds. The molecule has 0 radical (unpaired) electrons. The summed E-state index contributed by atoms with van der Waals surface area (Å²) in [7, 11) is 0. The fourth-order valence-electron chi connectivity index (χ4n) is 3.05. The van der Waals surface area contributed by atoms with E-state index in [9.17, 15) is 0 Å². The lowest BCUT2D eigenvalue weighted by Gasteiger charge is -2.12. The highest BCUT2D eigenvalue weighted by Gasteiger charge is 2.28. The number of allylic oxidation sites excluding steroid dienone is 6. The molecule has 0 aliphatic heterocycles. The van der Waals surface area contributed by atoms with Crippen LogP contribution in [-0.2, 0) is 0 Å². The summed E-state index contributed by atoms with van der Waals surface area (Å²) < 4.78 is 0. The van der Waals surface area contributed by atoms with Gasteiger partial charge in [0.2, 0.25) is 0 Å². The maximum atomic E-state index is 2.37. The Morgan fingerprint density at radius 3 is 2.65 bits per heavy atom. The standard InChI is InChI=1S/C17H18/c1-13(15-8-3-2-4-9-15)17-12-14-7-5-6-10-16(17)11-14/h2-10,14,16H,11-12H2,1H3/b17-13+/t14-,16+/m0/s1. The Labute approximate surface area is 103 Å². The fraction of sp³-hybridized carbons (Fsp3) is 0.294. The molecule has 2 bridgehead atoms. The van der Waals surface area contributed by atoms with Crippen LogP contribution >= 0.6 is 0 Å². The van der Waals surface area contributed by atoms with E-state index in [1.54, 1.807) is 5.57 Å². The molecule has 1 aromatic carbocycles. The molecule has 0 spiro atoms. The summed E-state index contributed by atoms with van der Waals surface area (Å²) in [5.74, 6) is 1.42. The lowest BCUT2D eigenvalue weighted by molar-refractivity contribution is 0.651. The van der Waals surface area contributed by atoms with Crippen LogP contribution in [0.4, 0.5) is 0 Å². The van der Waals surface area contributed by atoms with Crippen LogP contribution in [0.5, 0.6) is 0 Å². The highest BCUT2D eigenvalue weighted by molar-refractivity contribution is 5.68. The second-order valence-electron chi connectivity index (χ2n) is 5.09. The Kier molecular flexibility index (Phi) is 2.72. The largest absolute Gasteiger partial charge is 0.0811 e. The van der Waals surface area contributed by atoms with Crippen molar-refractivity contribution in [2.24, 2.45) is 11.8 Å². The van der Waals surface area contributed by atoms with Crippen molar-refractivity contribution in [2.75, 3.05) is 0 Å². The van der Waals surface area contributed by atoms with Gasteiger partial charge in [-0.05, 0) is 42.7 Å². The predicted molar refractivity (Wildman–Crippen MR) is 73.5 cm³/mol. The van der Waals surface area contributed by atoms with Crippen molar-refractivity contribution >= 4 is 5.57 Å². The van der Waals surface area contributed by atoms with Gasteiger partial charge in [0.1, 0.15) is 0 Å². The second-order valence-corrected chi connectivity index (χ2v) is 5.09. The van der Waals surface area contributed by atoms with Gasteiger partial charge in [-0.25, -0.2) is 0 Å². The molecule has 86 valence electrons. The van der Waals surface area contributed by atoms with Crippen LogP contribution in [0.15, 0.2) is 60.2 Å². The van der Waals surface area contributed by atoms with Crippen LogP contribution in [0.3, 0.4) is 0 Å². The first-order valence-electron chi connectivity index (χ1n) is 6.44. The molecule has 17 heavy (non-hydrogen) atoms. The van der Waals surface area contributed by atoms with Gasteiger partial charge in [-0.3, -0.25) is 0 Å². The first-order chi connectivity index (χ1) is 8.34. The Bertz CT molecular complexity index is 488. The Hall–Kier alpha value is -1.56. The molecule has 3 rings (SSSR count). The van der Waals surface area contributed by atoms with Crippen LogP contribution in [0.2, 0.25) is 0 Å². The van der Waals surface area contributed by atoms with Gasteiger partial charge in [-0.1, -0.05) is 60.2 Å². The van der Waals surface area contributed by atoms with Crippen LogP contribution < -0.4 is 0 Å². The minimum atomic E-state index is 0.662. The molecule has 1 aromatic rings. The summed E-state index contributed by atoms with van der Waals surface area (Å²) in [6.07, 6.45) is 11.7. The number of benzene rings is 1. The summed E-state index contributed by atoms with van der Waals surface area (Å²) in [4.78, 5) is 0. The third kappa shape index (κ3) is 2.00. The van der Waals surface area contributed by atoms with Crippen molar-refractivity contribution in [1.29, 1.82) is 0 Å². The van der Waals surface area contributed by atoms with E-state index >= 15 is 0 Å². The molecule has 0 heterocycles. The normalized spacial score (nSPS) is 29.2. The molecule has 2 aliphatic rings. The molecule has 0 aromatic heterocycles. The summed E-state index contributed by atoms with van der Waals surface area (Å²) in [6, 6.07) is 10.8. The van der Waals surface area contributed by atoms with Crippen molar-refractivity contribution in [1.82, 2.24) is 0 Å². The highest BCUT2D eigenvalue weighted by atomic mass is 14.3. The average molecular weight is 222 g/mol. The number of rotatable bonds is 1. The molecule has 0 heteroatoms. The highest BCUT2D eigenvalue weighted by Crippen LogP contribution is 2.42. The van der Waals surface area contributed by atoms with Crippen LogP contribution in [0.1, 0.15) is 25.3 Å². The van der Waals surface area contributed by atoms with Crippen molar-refractivity contribution in [2.45, 2.75) is 19.8 Å². The zero-order chi connectivity index (χ0) is 11.7. The molecular weight excluding hydrogens is 204 g/mol. The van der Waals surface area contributed by atoms with E-state index in [0.717, 1.165) is 5.92 Å². The zero-order valence-electron chi connectivity index (χ0n) is 10.3. The summed E-state index contributed by atoms with van der Waals surface area (Å²) >= 11 is 0. The monoisotopic (exact) mass is 222 g/mol. The lowest BCUT2D eigenvalue weighted by atomic mass is 9.93. The maximum Gasteiger partial charge on any atom is -0.000830 e. The first-order valence-corrected chi connectivity index (χ1v) is 6.44. The van der Waals surface area contributed by atoms with E-state index in [0.29, 0.717) is 5.92 Å². The summed E-state index contributed by atoms with van der Waals surface area (Å²) in [5.41, 5.74) is 4.51. The van der Waals surface area contributed by atoms with Gasteiger partial charge in [0.25, 0.3) is 0 Å². The van der Waals surface area contributed by atoms with Gasteiger partial charge in [0.15, 0.2) is 0 Å². The Balaban J connectivity index is 1.99. The van der Waals surface area contributed by atoms with E-state index in [1.807, 2.05) is 0 Å². The number of fused-ring (bicyclic) bond motifs is 2. The van der Waals surface area contributed by atoms with Crippen molar-refractivity contribution < 1.29 is 0 Å². The predicted octanol–water partition coefficient (Wildman–Crippen LogP) is 4.61. The van der Waals surface area contributed by atoms with Crippen LogP contribution in [0, 0.1) is 11.8 Å². The van der Waals surface area contributed by atoms with E-state index in [4.69, 9.17) is 0 Å². The van der Waals surface area contributed by atoms with E-state index in [1.165, 1.54) is 24.0 Å². The van der Waals surface area contributed by atoms with Gasteiger partial charge >= 0.3 is 0 Å². The molecule has 0 unspecified atom stereocenters. The lowest BCUT2D eigenvalue weighted by Crippen LogP contribution is -1.95. The summed E-state index contributed by atoms with van der Waals surface area (Å²) in [5, 5.41) is 0. The Morgan fingerprint density at radius 2 is 1.82 bits per heavy atom. The Morgan fingerprint density at radius 1 is 1.06 bits per heavy atom. The number of hydrogen-bond acceptors (Lipinski definition) is 0.